The maximum atomic E-state index is 13.3. The van der Waals surface area contributed by atoms with Gasteiger partial charge in [0, 0.05) is 6.54 Å². The molecule has 0 aliphatic heterocycles. The van der Waals surface area contributed by atoms with Gasteiger partial charge < -0.3 is 20.4 Å². The molecule has 29 heavy (non-hydrogen) atoms. The van der Waals surface area contributed by atoms with E-state index < -0.39 is 0 Å². The van der Waals surface area contributed by atoms with Crippen LogP contribution in [0.25, 0.3) is 11.0 Å². The number of aromatic nitrogens is 3. The van der Waals surface area contributed by atoms with Crippen LogP contribution in [0.2, 0.25) is 0 Å². The molecule has 146 valence electrons. The lowest BCUT2D eigenvalue weighted by Crippen LogP contribution is -2.14. The number of amides is 1. The fourth-order valence-corrected chi connectivity index (χ4v) is 2.92. The van der Waals surface area contributed by atoms with Gasteiger partial charge in [0.15, 0.2) is 0 Å². The molecule has 4 rings (SSSR count). The molecule has 2 aromatic heterocycles. The van der Waals surface area contributed by atoms with Crippen molar-refractivity contribution in [2.45, 2.75) is 6.54 Å². The third kappa shape index (κ3) is 4.16. The number of ether oxygens (including phenoxy) is 1. The van der Waals surface area contributed by atoms with E-state index in [9.17, 15) is 9.18 Å². The van der Waals surface area contributed by atoms with Crippen LogP contribution in [0.3, 0.4) is 0 Å². The van der Waals surface area contributed by atoms with E-state index in [-0.39, 0.29) is 11.7 Å². The zero-order valence-electron chi connectivity index (χ0n) is 15.6. The van der Waals surface area contributed by atoms with Crippen molar-refractivity contribution in [3.8, 4) is 6.01 Å². The zero-order valence-corrected chi connectivity index (χ0v) is 15.6. The second-order valence-electron chi connectivity index (χ2n) is 6.29. The summed E-state index contributed by atoms with van der Waals surface area (Å²) in [7, 11) is 1.50. The molecule has 0 atom stereocenters. The number of aromatic amines is 1. The predicted molar refractivity (Wildman–Crippen MR) is 109 cm³/mol. The fourth-order valence-electron chi connectivity index (χ4n) is 2.92. The van der Waals surface area contributed by atoms with Crippen molar-refractivity contribution in [1.82, 2.24) is 15.0 Å². The van der Waals surface area contributed by atoms with Crippen LogP contribution in [-0.2, 0) is 6.54 Å². The molecular weight excluding hydrogens is 373 g/mol. The summed E-state index contributed by atoms with van der Waals surface area (Å²) in [5, 5.41) is 5.90. The molecule has 0 bridgehead atoms. The number of hydrogen-bond acceptors (Lipinski definition) is 5. The zero-order chi connectivity index (χ0) is 20.2. The van der Waals surface area contributed by atoms with Crippen LogP contribution in [0.4, 0.5) is 16.0 Å². The fraction of sp³-hybridized carbons (Fsp3) is 0.0952. The third-order valence-electron chi connectivity index (χ3n) is 4.28. The molecule has 0 radical (unpaired) electrons. The second-order valence-corrected chi connectivity index (χ2v) is 6.29. The SMILES string of the molecule is COc1nc2c(C(=O)Nc3cccc(NCc4cccc(F)c4)n3)cccc2[nH]1. The number of imidazole rings is 1. The highest BCUT2D eigenvalue weighted by Gasteiger charge is 2.14. The lowest BCUT2D eigenvalue weighted by molar-refractivity contribution is 0.102. The molecule has 2 aromatic carbocycles. The first kappa shape index (κ1) is 18.4. The van der Waals surface area contributed by atoms with Crippen molar-refractivity contribution in [2.75, 3.05) is 17.7 Å². The Bertz CT molecular complexity index is 1170. The molecule has 0 fully saturated rings. The van der Waals surface area contributed by atoms with Crippen molar-refractivity contribution in [3.63, 3.8) is 0 Å². The molecule has 4 aromatic rings. The van der Waals surface area contributed by atoms with Crippen LogP contribution in [0.1, 0.15) is 15.9 Å². The van der Waals surface area contributed by atoms with Crippen LogP contribution in [0.5, 0.6) is 6.01 Å². The summed E-state index contributed by atoms with van der Waals surface area (Å²) in [6.45, 7) is 0.411. The average Bonchev–Trinajstić information content (AvgIpc) is 3.16. The van der Waals surface area contributed by atoms with Crippen LogP contribution in [0.15, 0.2) is 60.7 Å². The van der Waals surface area contributed by atoms with E-state index >= 15 is 0 Å². The van der Waals surface area contributed by atoms with Gasteiger partial charge in [-0.25, -0.2) is 9.37 Å². The molecule has 1 amide bonds. The Morgan fingerprint density at radius 2 is 1.86 bits per heavy atom. The first-order valence-electron chi connectivity index (χ1n) is 8.92. The molecular formula is C21H18FN5O2. The van der Waals surface area contributed by atoms with Crippen LogP contribution >= 0.6 is 0 Å². The quantitative estimate of drug-likeness (QED) is 0.463. The number of benzene rings is 2. The highest BCUT2D eigenvalue weighted by molar-refractivity contribution is 6.11. The average molecular weight is 391 g/mol. The Morgan fingerprint density at radius 1 is 1.07 bits per heavy atom. The molecule has 2 heterocycles. The molecule has 0 unspecified atom stereocenters. The van der Waals surface area contributed by atoms with Gasteiger partial charge >= 0.3 is 0 Å². The number of methoxy groups -OCH3 is 1. The predicted octanol–water partition coefficient (Wildman–Crippen LogP) is 3.97. The van der Waals surface area contributed by atoms with Gasteiger partial charge in [-0.1, -0.05) is 24.3 Å². The Labute approximate surface area is 166 Å². The van der Waals surface area contributed by atoms with E-state index in [1.54, 1.807) is 36.4 Å². The molecule has 3 N–H and O–H groups in total. The molecule has 0 spiro atoms. The monoisotopic (exact) mass is 391 g/mol. The number of nitrogens with one attached hydrogen (secondary N) is 3. The highest BCUT2D eigenvalue weighted by atomic mass is 19.1. The summed E-state index contributed by atoms with van der Waals surface area (Å²) >= 11 is 0. The molecule has 0 saturated carbocycles. The molecule has 0 aliphatic rings. The largest absolute Gasteiger partial charge is 0.468 e. The number of fused-ring (bicyclic) bond motifs is 1. The van der Waals surface area contributed by atoms with Crippen molar-refractivity contribution >= 4 is 28.6 Å². The van der Waals surface area contributed by atoms with Crippen LogP contribution < -0.4 is 15.4 Å². The second kappa shape index (κ2) is 7.97. The number of H-pyrrole nitrogens is 1. The lowest BCUT2D eigenvalue weighted by Gasteiger charge is -2.09. The van der Waals surface area contributed by atoms with Gasteiger partial charge in [-0.05, 0) is 42.0 Å². The van der Waals surface area contributed by atoms with Crippen molar-refractivity contribution < 1.29 is 13.9 Å². The number of rotatable bonds is 6. The summed E-state index contributed by atoms with van der Waals surface area (Å²) in [5.41, 5.74) is 2.41. The minimum Gasteiger partial charge on any atom is -0.468 e. The Kier molecular flexibility index (Phi) is 5.07. The third-order valence-corrected chi connectivity index (χ3v) is 4.28. The standard InChI is InChI=1S/C21H18FN5O2/c1-29-21-24-16-8-3-7-15(19(16)27-21)20(28)26-18-10-4-9-17(25-18)23-12-13-5-2-6-14(22)11-13/h2-11H,12H2,1H3,(H,24,27)(H2,23,25,26,28). The van der Waals surface area contributed by atoms with Crippen molar-refractivity contribution in [2.24, 2.45) is 0 Å². The first-order chi connectivity index (χ1) is 14.1. The summed E-state index contributed by atoms with van der Waals surface area (Å²) in [5.74, 6) is 0.326. The van der Waals surface area contributed by atoms with Crippen LogP contribution in [-0.4, -0.2) is 28.0 Å². The summed E-state index contributed by atoms with van der Waals surface area (Å²) in [6, 6.07) is 17.2. The number of anilines is 2. The number of para-hydroxylation sites is 1. The Balaban J connectivity index is 1.49. The topological polar surface area (TPSA) is 91.9 Å². The van der Waals surface area contributed by atoms with Crippen LogP contribution in [0, 0.1) is 5.82 Å². The Morgan fingerprint density at radius 3 is 2.69 bits per heavy atom. The van der Waals surface area contributed by atoms with Gasteiger partial charge in [0.25, 0.3) is 11.9 Å². The van der Waals surface area contributed by atoms with Gasteiger partial charge in [-0.15, -0.1) is 0 Å². The summed E-state index contributed by atoms with van der Waals surface area (Å²) in [6.07, 6.45) is 0. The maximum absolute atomic E-state index is 13.3. The minimum absolute atomic E-state index is 0.289. The van der Waals surface area contributed by atoms with E-state index in [2.05, 4.69) is 25.6 Å². The number of carbonyl (C=O) groups excluding carboxylic acids is 1. The van der Waals surface area contributed by atoms with Gasteiger partial charge in [-0.2, -0.15) is 4.98 Å². The van der Waals surface area contributed by atoms with Gasteiger partial charge in [0.2, 0.25) is 0 Å². The minimum atomic E-state index is -0.334. The van der Waals surface area contributed by atoms with Gasteiger partial charge in [0.1, 0.15) is 23.0 Å². The van der Waals surface area contributed by atoms with Crippen molar-refractivity contribution in [1.29, 1.82) is 0 Å². The Hall–Kier alpha value is -3.94. The van der Waals surface area contributed by atoms with Gasteiger partial charge in [0.05, 0.1) is 18.2 Å². The van der Waals surface area contributed by atoms with Crippen molar-refractivity contribution in [3.05, 3.63) is 77.6 Å². The van der Waals surface area contributed by atoms with E-state index in [1.165, 1.54) is 19.2 Å². The smallest absolute Gasteiger partial charge is 0.294 e. The van der Waals surface area contributed by atoms with E-state index in [1.807, 2.05) is 12.1 Å². The number of nitrogens with zero attached hydrogens (tertiary/aromatic N) is 2. The summed E-state index contributed by atoms with van der Waals surface area (Å²) < 4.78 is 18.4. The number of halogens is 1. The molecule has 8 heteroatoms. The maximum Gasteiger partial charge on any atom is 0.294 e. The molecule has 7 nitrogen and oxygen atoms in total. The number of hydrogen-bond donors (Lipinski definition) is 3. The van der Waals surface area contributed by atoms with E-state index in [0.29, 0.717) is 40.8 Å². The lowest BCUT2D eigenvalue weighted by atomic mass is 10.1. The van der Waals surface area contributed by atoms with E-state index in [0.717, 1.165) is 5.56 Å². The molecule has 0 aliphatic carbocycles. The summed E-state index contributed by atoms with van der Waals surface area (Å²) in [4.78, 5) is 24.4. The molecule has 0 saturated heterocycles. The normalized spacial score (nSPS) is 10.7. The first-order valence-corrected chi connectivity index (χ1v) is 8.92. The highest BCUT2D eigenvalue weighted by Crippen LogP contribution is 2.21. The van der Waals surface area contributed by atoms with E-state index in [4.69, 9.17) is 4.74 Å². The van der Waals surface area contributed by atoms with Gasteiger partial charge in [-0.3, -0.25) is 4.79 Å². The number of carbonyl (C=O) groups is 1. The number of pyridine rings is 1.